The topological polar surface area (TPSA) is 47.9 Å². The molecule has 2 aromatic rings. The highest BCUT2D eigenvalue weighted by Gasteiger charge is 2.17. The molecule has 1 aliphatic heterocycles. The zero-order valence-electron chi connectivity index (χ0n) is 14.8. The Labute approximate surface area is 148 Å². The van der Waals surface area contributed by atoms with Crippen LogP contribution in [0.2, 0.25) is 0 Å². The quantitative estimate of drug-likeness (QED) is 0.907. The summed E-state index contributed by atoms with van der Waals surface area (Å²) in [6, 6.07) is 17.7. The Morgan fingerprint density at radius 1 is 1.08 bits per heavy atom. The van der Waals surface area contributed by atoms with E-state index in [1.54, 1.807) is 0 Å². The number of carbonyl (C=O) groups is 1. The van der Waals surface area contributed by atoms with Crippen molar-refractivity contribution in [3.8, 4) is 0 Å². The van der Waals surface area contributed by atoms with E-state index in [1.165, 1.54) is 0 Å². The highest BCUT2D eigenvalue weighted by molar-refractivity contribution is 5.95. The van der Waals surface area contributed by atoms with E-state index in [-0.39, 0.29) is 5.91 Å². The van der Waals surface area contributed by atoms with Crippen LogP contribution in [0, 0.1) is 0 Å². The third kappa shape index (κ3) is 3.99. The highest BCUT2D eigenvalue weighted by Crippen LogP contribution is 2.19. The molecule has 0 atom stereocenters. The first-order valence-electron chi connectivity index (χ1n) is 8.77. The number of para-hydroxylation sites is 1. The summed E-state index contributed by atoms with van der Waals surface area (Å²) in [6.45, 7) is 6.32. The summed E-state index contributed by atoms with van der Waals surface area (Å²) in [4.78, 5) is 18.8. The molecule has 130 valence electrons. The van der Waals surface area contributed by atoms with E-state index in [0.717, 1.165) is 43.3 Å². The highest BCUT2D eigenvalue weighted by atomic mass is 16.2. The van der Waals surface area contributed by atoms with Crippen LogP contribution < -0.4 is 10.4 Å². The summed E-state index contributed by atoms with van der Waals surface area (Å²) in [6.07, 6.45) is 0.870. The van der Waals surface area contributed by atoms with Crippen molar-refractivity contribution in [3.63, 3.8) is 0 Å². The molecule has 0 spiro atoms. The van der Waals surface area contributed by atoms with Crippen molar-refractivity contribution in [2.75, 3.05) is 24.6 Å². The largest absolute Gasteiger partial charge is 0.339 e. The van der Waals surface area contributed by atoms with Crippen molar-refractivity contribution >= 4 is 23.1 Å². The van der Waals surface area contributed by atoms with Gasteiger partial charge in [0, 0.05) is 31.6 Å². The van der Waals surface area contributed by atoms with Crippen LogP contribution >= 0.6 is 0 Å². The Balaban J connectivity index is 1.67. The summed E-state index contributed by atoms with van der Waals surface area (Å²) in [5.41, 5.74) is 6.03. The number of hydrogen-bond acceptors (Lipinski definition) is 3. The first-order chi connectivity index (χ1) is 12.2. The van der Waals surface area contributed by atoms with Gasteiger partial charge in [-0.25, -0.2) is 4.99 Å². The zero-order valence-corrected chi connectivity index (χ0v) is 14.8. The van der Waals surface area contributed by atoms with Gasteiger partial charge < -0.3 is 4.90 Å². The second-order valence-electron chi connectivity index (χ2n) is 5.93. The normalized spacial score (nSPS) is 15.3. The first kappa shape index (κ1) is 17.0. The third-order valence-corrected chi connectivity index (χ3v) is 4.33. The smallest absolute Gasteiger partial charge is 0.253 e. The van der Waals surface area contributed by atoms with Crippen LogP contribution in [0.4, 0.5) is 11.4 Å². The standard InChI is InChI=1S/C20H24N4O/c1-3-23(4-2)20(25)16-10-12-17(13-11-16)21-19-14-15-24(22-19)18-8-6-5-7-9-18/h5-13H,3-4,14-15H2,1-2H3,(H,21,22). The lowest BCUT2D eigenvalue weighted by Gasteiger charge is -2.18. The first-order valence-corrected chi connectivity index (χ1v) is 8.77. The number of nitrogens with zero attached hydrogens (tertiary/aromatic N) is 3. The minimum absolute atomic E-state index is 0.0680. The van der Waals surface area contributed by atoms with Crippen molar-refractivity contribution in [1.82, 2.24) is 10.3 Å². The molecule has 3 rings (SSSR count). The van der Waals surface area contributed by atoms with Crippen LogP contribution in [0.1, 0.15) is 30.6 Å². The zero-order chi connectivity index (χ0) is 17.6. The summed E-state index contributed by atoms with van der Waals surface area (Å²) >= 11 is 0. The van der Waals surface area contributed by atoms with Crippen molar-refractivity contribution < 1.29 is 4.79 Å². The number of hydrogen-bond donors (Lipinski definition) is 1. The van der Waals surface area contributed by atoms with Crippen LogP contribution in [0.3, 0.4) is 0 Å². The van der Waals surface area contributed by atoms with Gasteiger partial charge in [-0.2, -0.15) is 0 Å². The van der Waals surface area contributed by atoms with Crippen LogP contribution in [-0.4, -0.2) is 36.3 Å². The number of benzene rings is 2. The number of anilines is 1. The molecule has 0 radical (unpaired) electrons. The molecule has 1 fully saturated rings. The van der Waals surface area contributed by atoms with Crippen LogP contribution in [0.5, 0.6) is 0 Å². The number of rotatable bonds is 5. The van der Waals surface area contributed by atoms with E-state index in [2.05, 4.69) is 27.6 Å². The lowest BCUT2D eigenvalue weighted by Crippen LogP contribution is -2.32. The number of aliphatic imine (C=N–C) groups is 1. The van der Waals surface area contributed by atoms with E-state index >= 15 is 0 Å². The molecule has 1 heterocycles. The number of nitrogens with one attached hydrogen (secondary N) is 1. The molecule has 1 N–H and O–H groups in total. The van der Waals surface area contributed by atoms with E-state index < -0.39 is 0 Å². The van der Waals surface area contributed by atoms with Gasteiger partial charge in [0.15, 0.2) is 0 Å². The fourth-order valence-electron chi connectivity index (χ4n) is 2.90. The molecule has 0 unspecified atom stereocenters. The number of hydrazine groups is 1. The Kier molecular flexibility index (Phi) is 5.33. The van der Waals surface area contributed by atoms with E-state index in [9.17, 15) is 4.79 Å². The average Bonchev–Trinajstić information content (AvgIpc) is 3.12. The molecular formula is C20H24N4O. The van der Waals surface area contributed by atoms with Crippen molar-refractivity contribution in [3.05, 3.63) is 60.2 Å². The number of amides is 1. The van der Waals surface area contributed by atoms with Gasteiger partial charge in [-0.1, -0.05) is 18.2 Å². The van der Waals surface area contributed by atoms with E-state index in [0.29, 0.717) is 5.56 Å². The molecule has 1 saturated heterocycles. The molecule has 2 aromatic carbocycles. The molecule has 25 heavy (non-hydrogen) atoms. The fraction of sp³-hybridized carbons (Fsp3) is 0.300. The molecule has 5 nitrogen and oxygen atoms in total. The average molecular weight is 336 g/mol. The maximum atomic E-state index is 12.3. The Hall–Kier alpha value is -2.82. The van der Waals surface area contributed by atoms with Gasteiger partial charge in [0.2, 0.25) is 0 Å². The predicted octanol–water partition coefficient (Wildman–Crippen LogP) is 3.61. The molecule has 1 amide bonds. The van der Waals surface area contributed by atoms with Crippen LogP contribution in [0.25, 0.3) is 0 Å². The van der Waals surface area contributed by atoms with E-state index in [4.69, 9.17) is 0 Å². The lowest BCUT2D eigenvalue weighted by atomic mass is 10.2. The van der Waals surface area contributed by atoms with Gasteiger partial charge in [-0.05, 0) is 50.2 Å². The Morgan fingerprint density at radius 2 is 1.76 bits per heavy atom. The lowest BCUT2D eigenvalue weighted by molar-refractivity contribution is 0.0773. The van der Waals surface area contributed by atoms with Gasteiger partial charge in [0.05, 0.1) is 11.4 Å². The van der Waals surface area contributed by atoms with Gasteiger partial charge in [0.1, 0.15) is 5.84 Å². The van der Waals surface area contributed by atoms with Gasteiger partial charge in [0.25, 0.3) is 5.91 Å². The molecule has 0 saturated carbocycles. The molecule has 0 bridgehead atoms. The maximum Gasteiger partial charge on any atom is 0.253 e. The molecule has 5 heteroatoms. The third-order valence-electron chi connectivity index (χ3n) is 4.33. The van der Waals surface area contributed by atoms with Gasteiger partial charge in [-0.15, -0.1) is 0 Å². The minimum atomic E-state index is 0.0680. The fourth-order valence-corrected chi connectivity index (χ4v) is 2.90. The number of amidine groups is 1. The molecule has 1 aliphatic rings. The Morgan fingerprint density at radius 3 is 2.40 bits per heavy atom. The van der Waals surface area contributed by atoms with Gasteiger partial charge in [-0.3, -0.25) is 15.2 Å². The van der Waals surface area contributed by atoms with Gasteiger partial charge >= 0.3 is 0 Å². The monoisotopic (exact) mass is 336 g/mol. The molecular weight excluding hydrogens is 312 g/mol. The second-order valence-corrected chi connectivity index (χ2v) is 5.93. The second kappa shape index (κ2) is 7.83. The summed E-state index contributed by atoms with van der Waals surface area (Å²) < 4.78 is 0. The van der Waals surface area contributed by atoms with E-state index in [1.807, 2.05) is 61.2 Å². The van der Waals surface area contributed by atoms with Crippen molar-refractivity contribution in [2.45, 2.75) is 20.3 Å². The SMILES string of the molecule is CCN(CC)C(=O)c1ccc(N=C2CCN(c3ccccc3)N2)cc1. The number of carbonyl (C=O) groups excluding carboxylic acids is 1. The summed E-state index contributed by atoms with van der Waals surface area (Å²) in [5.74, 6) is 1.00. The molecule has 0 aromatic heterocycles. The van der Waals surface area contributed by atoms with Crippen LogP contribution in [-0.2, 0) is 0 Å². The molecule has 0 aliphatic carbocycles. The maximum absolute atomic E-state index is 12.3. The summed E-state index contributed by atoms with van der Waals surface area (Å²) in [5, 5.41) is 2.09. The minimum Gasteiger partial charge on any atom is -0.339 e. The van der Waals surface area contributed by atoms with Crippen molar-refractivity contribution in [1.29, 1.82) is 0 Å². The predicted molar refractivity (Wildman–Crippen MR) is 102 cm³/mol. The Bertz CT molecular complexity index is 736. The summed E-state index contributed by atoms with van der Waals surface area (Å²) in [7, 11) is 0. The van der Waals surface area contributed by atoms with Crippen molar-refractivity contribution in [2.24, 2.45) is 4.99 Å². The van der Waals surface area contributed by atoms with Crippen LogP contribution in [0.15, 0.2) is 59.6 Å².